The molecular weight excluding hydrogens is 547 g/mol. The number of benzene rings is 2. The third-order valence-corrected chi connectivity index (χ3v) is 5.13. The van der Waals surface area contributed by atoms with Gasteiger partial charge in [-0.1, -0.05) is 11.6 Å². The quantitative estimate of drug-likeness (QED) is 0.0992. The van der Waals surface area contributed by atoms with Gasteiger partial charge in [0.05, 0.1) is 24.3 Å². The summed E-state index contributed by atoms with van der Waals surface area (Å²) in [5.41, 5.74) is 2.74. The lowest BCUT2D eigenvalue weighted by Crippen LogP contribution is -2.39. The minimum atomic E-state index is -2.27. The Balaban J connectivity index is 0.000000455. The molecule has 7 N–H and O–H groups in total. The van der Waals surface area contributed by atoms with Crippen molar-refractivity contribution in [2.24, 2.45) is 0 Å². The average molecular weight is 571 g/mol. The number of aliphatic carboxylic acids is 2. The maximum atomic E-state index is 13.4. The molecule has 2 aromatic carbocycles. The van der Waals surface area contributed by atoms with Crippen molar-refractivity contribution in [3.05, 3.63) is 47.5 Å². The number of carbonyl (C=O) groups excluding carboxylic acids is 1. The van der Waals surface area contributed by atoms with E-state index in [0.29, 0.717) is 40.3 Å². The van der Waals surface area contributed by atoms with Crippen LogP contribution in [0.15, 0.2) is 36.7 Å². The maximum absolute atomic E-state index is 13.4. The van der Waals surface area contributed by atoms with Crippen molar-refractivity contribution in [1.82, 2.24) is 15.4 Å². The summed E-state index contributed by atoms with van der Waals surface area (Å²) in [6, 6.07) is 7.68. The summed E-state index contributed by atoms with van der Waals surface area (Å²) in [7, 11) is 1.51. The number of nitrogens with one attached hydrogen (secondary N) is 2. The number of methoxy groups -OCH3 is 1. The molecule has 2 unspecified atom stereocenters. The molecule has 1 aromatic heterocycles. The lowest BCUT2D eigenvalue weighted by Gasteiger charge is -2.14. The van der Waals surface area contributed by atoms with Crippen LogP contribution in [-0.2, 0) is 14.4 Å². The fraction of sp³-hybridized carbons (Fsp3) is 0.261. The second kappa shape index (κ2) is 14.6. The number of anilines is 2. The predicted octanol–water partition coefficient (Wildman–Crippen LogP) is 1.72. The molecule has 39 heavy (non-hydrogen) atoms. The molecule has 16 heteroatoms. The van der Waals surface area contributed by atoms with Crippen LogP contribution in [0.2, 0.25) is 5.02 Å². The second-order valence-corrected chi connectivity index (χ2v) is 7.96. The molecule has 3 rings (SSSR count). The highest BCUT2D eigenvalue weighted by molar-refractivity contribution is 6.31. The Morgan fingerprint density at radius 1 is 1.05 bits per heavy atom. The van der Waals surface area contributed by atoms with E-state index in [0.717, 1.165) is 0 Å². The van der Waals surface area contributed by atoms with Crippen molar-refractivity contribution in [2.45, 2.75) is 25.0 Å². The first-order valence-electron chi connectivity index (χ1n) is 10.9. The maximum Gasteiger partial charge on any atom is 0.335 e. The van der Waals surface area contributed by atoms with Gasteiger partial charge in [0, 0.05) is 23.6 Å². The number of hydroxylamine groups is 1. The number of nitrogens with zero attached hydrogens (tertiary/aromatic N) is 2. The van der Waals surface area contributed by atoms with Crippen molar-refractivity contribution in [2.75, 3.05) is 19.0 Å². The topological polar surface area (TPSA) is 221 Å². The third-order valence-electron chi connectivity index (χ3n) is 4.84. The van der Waals surface area contributed by atoms with E-state index in [1.807, 2.05) is 0 Å². The number of carboxylic acids is 2. The summed E-state index contributed by atoms with van der Waals surface area (Å²) in [5, 5.41) is 44.8. The molecule has 0 bridgehead atoms. The van der Waals surface area contributed by atoms with Crippen molar-refractivity contribution >= 4 is 51.9 Å². The number of ether oxygens (including phenoxy) is 2. The minimum Gasteiger partial charge on any atom is -0.493 e. The van der Waals surface area contributed by atoms with Gasteiger partial charge in [-0.15, -0.1) is 0 Å². The van der Waals surface area contributed by atoms with Crippen molar-refractivity contribution in [1.29, 1.82) is 0 Å². The zero-order valence-corrected chi connectivity index (χ0v) is 20.9. The second-order valence-electron chi connectivity index (χ2n) is 7.55. The SMILES string of the molecule is COc1cc2ncnc(Nc3ccc(F)c(Cl)c3)c2cc1OCCCC(=O)NO.O=C(O)C(O)C(O)C(=O)O. The molecule has 0 fully saturated rings. The van der Waals surface area contributed by atoms with Gasteiger partial charge < -0.3 is 35.2 Å². The summed E-state index contributed by atoms with van der Waals surface area (Å²) in [6.45, 7) is 0.235. The molecule has 210 valence electrons. The van der Waals surface area contributed by atoms with Gasteiger partial charge in [-0.2, -0.15) is 0 Å². The van der Waals surface area contributed by atoms with Crippen LogP contribution in [0, 0.1) is 5.82 Å². The van der Waals surface area contributed by atoms with Crippen LogP contribution in [0.25, 0.3) is 10.9 Å². The van der Waals surface area contributed by atoms with E-state index in [9.17, 15) is 18.8 Å². The Hall–Kier alpha value is -4.31. The number of carbonyl (C=O) groups is 3. The smallest absolute Gasteiger partial charge is 0.335 e. The van der Waals surface area contributed by atoms with E-state index in [1.54, 1.807) is 23.7 Å². The molecular formula is C23H24ClFN4O10. The molecule has 2 atom stereocenters. The molecule has 0 aliphatic heterocycles. The van der Waals surface area contributed by atoms with Gasteiger partial charge in [-0.05, 0) is 30.7 Å². The molecule has 0 aliphatic rings. The Bertz CT molecular complexity index is 1310. The number of halogens is 2. The fourth-order valence-corrected chi connectivity index (χ4v) is 3.07. The first kappa shape index (κ1) is 30.9. The third kappa shape index (κ3) is 8.89. The normalized spacial score (nSPS) is 11.9. The number of hydrogen-bond donors (Lipinski definition) is 7. The predicted molar refractivity (Wildman–Crippen MR) is 133 cm³/mol. The Morgan fingerprint density at radius 3 is 2.28 bits per heavy atom. The summed E-state index contributed by atoms with van der Waals surface area (Å²) in [4.78, 5) is 39.1. The van der Waals surface area contributed by atoms with E-state index < -0.39 is 35.9 Å². The first-order valence-corrected chi connectivity index (χ1v) is 11.3. The number of aliphatic hydroxyl groups is 2. The number of aromatic nitrogens is 2. The number of fused-ring (bicyclic) bond motifs is 1. The van der Waals surface area contributed by atoms with Gasteiger partial charge >= 0.3 is 11.9 Å². The molecule has 0 saturated carbocycles. The van der Waals surface area contributed by atoms with Crippen molar-refractivity contribution in [3.8, 4) is 11.5 Å². The zero-order valence-electron chi connectivity index (χ0n) is 20.2. The van der Waals surface area contributed by atoms with Gasteiger partial charge in [0.25, 0.3) is 0 Å². The molecule has 0 spiro atoms. The number of rotatable bonds is 11. The Morgan fingerprint density at radius 2 is 1.72 bits per heavy atom. The van der Waals surface area contributed by atoms with Gasteiger partial charge in [0.1, 0.15) is 18.0 Å². The largest absolute Gasteiger partial charge is 0.493 e. The Kier molecular flexibility index (Phi) is 11.6. The lowest BCUT2D eigenvalue weighted by atomic mass is 10.2. The van der Waals surface area contributed by atoms with Crippen LogP contribution in [0.1, 0.15) is 12.8 Å². The highest BCUT2D eigenvalue weighted by Crippen LogP contribution is 2.35. The minimum absolute atomic E-state index is 0.00836. The monoisotopic (exact) mass is 570 g/mol. The van der Waals surface area contributed by atoms with Crippen LogP contribution in [0.3, 0.4) is 0 Å². The van der Waals surface area contributed by atoms with E-state index in [-0.39, 0.29) is 18.1 Å². The molecule has 14 nitrogen and oxygen atoms in total. The number of hydrogen-bond acceptors (Lipinski definition) is 11. The van der Waals surface area contributed by atoms with Gasteiger partial charge in [-0.3, -0.25) is 10.0 Å². The summed E-state index contributed by atoms with van der Waals surface area (Å²) in [5.74, 6) is -3.15. The highest BCUT2D eigenvalue weighted by Gasteiger charge is 2.29. The zero-order chi connectivity index (χ0) is 29.1. The van der Waals surface area contributed by atoms with Crippen LogP contribution >= 0.6 is 11.6 Å². The number of aliphatic hydroxyl groups excluding tert-OH is 2. The van der Waals surface area contributed by atoms with E-state index in [4.69, 9.17) is 46.7 Å². The summed E-state index contributed by atoms with van der Waals surface area (Å²) >= 11 is 5.84. The molecule has 1 amide bonds. The standard InChI is InChI=1S/C19H18ClFN4O4.C4H6O6/c1-28-16-9-15-12(8-17(16)29-6-2-3-18(26)25-27)19(23-10-22-15)24-11-4-5-14(21)13(20)7-11;5-1(3(7)8)2(6)4(9)10/h4-5,7-10,27H,2-3,6H2,1H3,(H,25,26)(H,22,23,24);1-2,5-6H,(H,7,8)(H,9,10). The van der Waals surface area contributed by atoms with Crippen LogP contribution in [0.5, 0.6) is 11.5 Å². The number of carboxylic acid groups (broad SMARTS) is 2. The average Bonchev–Trinajstić information content (AvgIpc) is 2.92. The number of amides is 1. The van der Waals surface area contributed by atoms with Crippen molar-refractivity contribution in [3.63, 3.8) is 0 Å². The van der Waals surface area contributed by atoms with Gasteiger partial charge in [-0.25, -0.2) is 29.4 Å². The Labute approximate surface area is 224 Å². The fourth-order valence-electron chi connectivity index (χ4n) is 2.89. The lowest BCUT2D eigenvalue weighted by molar-refractivity contribution is -0.165. The van der Waals surface area contributed by atoms with E-state index in [1.165, 1.54) is 25.6 Å². The van der Waals surface area contributed by atoms with Crippen molar-refractivity contribution < 1.29 is 53.9 Å². The summed E-state index contributed by atoms with van der Waals surface area (Å²) in [6.07, 6.45) is -2.62. The van der Waals surface area contributed by atoms with E-state index in [2.05, 4.69) is 15.3 Å². The van der Waals surface area contributed by atoms with Crippen LogP contribution < -0.4 is 20.3 Å². The van der Waals surface area contributed by atoms with E-state index >= 15 is 0 Å². The molecule has 0 aliphatic carbocycles. The molecule has 0 radical (unpaired) electrons. The van der Waals surface area contributed by atoms with Crippen LogP contribution in [-0.4, -0.2) is 79.4 Å². The van der Waals surface area contributed by atoms with Crippen LogP contribution in [0.4, 0.5) is 15.9 Å². The summed E-state index contributed by atoms with van der Waals surface area (Å²) < 4.78 is 24.5. The first-order chi connectivity index (χ1) is 18.5. The molecule has 3 aromatic rings. The van der Waals surface area contributed by atoms with Gasteiger partial charge in [0.2, 0.25) is 5.91 Å². The van der Waals surface area contributed by atoms with Gasteiger partial charge in [0.15, 0.2) is 23.7 Å². The molecule has 1 heterocycles. The molecule has 0 saturated heterocycles. The highest BCUT2D eigenvalue weighted by atomic mass is 35.5.